The Kier molecular flexibility index (Phi) is 5.61. The minimum Gasteiger partial charge on any atom is -0.454 e. The SMILES string of the molecule is C[C@@H]1CC(C)(C)C[C@@]2(C1)NC(=O)N(CC(=O)OCC(=O)N1C[C@@]3(C)C[C@H]1CC(C)(C)C3)C2=O. The second-order valence-electron chi connectivity index (χ2n) is 13.2. The Hall–Kier alpha value is -2.12. The molecular weight excluding hydrogens is 422 g/mol. The smallest absolute Gasteiger partial charge is 0.326 e. The zero-order valence-electron chi connectivity index (χ0n) is 21.0. The summed E-state index contributed by atoms with van der Waals surface area (Å²) >= 11 is 0. The average molecular weight is 462 g/mol. The highest BCUT2D eigenvalue weighted by molar-refractivity contribution is 6.08. The van der Waals surface area contributed by atoms with Crippen LogP contribution >= 0.6 is 0 Å². The molecule has 8 heteroatoms. The standard InChI is InChI=1S/C25H39N3O5/c1-16-7-22(2,3)14-25(8-16)20(31)27(21(32)26-25)11-19(30)33-12-18(29)28-15-24(6)10-17(28)9-23(4,5)13-24/h16-17H,7-15H2,1-6H3,(H,26,32)/t16-,17-,24+,25-/m1/s1. The molecule has 4 aliphatic rings. The van der Waals surface area contributed by atoms with Crippen LogP contribution in [-0.4, -0.2) is 64.9 Å². The van der Waals surface area contributed by atoms with Crippen molar-refractivity contribution in [1.29, 1.82) is 0 Å². The highest BCUT2D eigenvalue weighted by Crippen LogP contribution is 2.52. The summed E-state index contributed by atoms with van der Waals surface area (Å²) in [5.41, 5.74) is -0.744. The first kappa shape index (κ1) is 24.0. The lowest BCUT2D eigenvalue weighted by atomic mass is 9.64. The van der Waals surface area contributed by atoms with E-state index in [1.807, 2.05) is 4.90 Å². The van der Waals surface area contributed by atoms with E-state index >= 15 is 0 Å². The molecule has 4 rings (SSSR count). The van der Waals surface area contributed by atoms with Gasteiger partial charge in [-0.05, 0) is 60.7 Å². The number of likely N-dealkylation sites (tertiary alicyclic amines) is 1. The highest BCUT2D eigenvalue weighted by Gasteiger charge is 2.56. The number of hydrogen-bond acceptors (Lipinski definition) is 5. The minimum atomic E-state index is -0.955. The topological polar surface area (TPSA) is 96.0 Å². The van der Waals surface area contributed by atoms with Crippen molar-refractivity contribution < 1.29 is 23.9 Å². The van der Waals surface area contributed by atoms with Crippen LogP contribution in [-0.2, 0) is 19.1 Å². The molecule has 2 saturated carbocycles. The first-order valence-corrected chi connectivity index (χ1v) is 12.2. The number of amides is 4. The van der Waals surface area contributed by atoms with Crippen LogP contribution in [0.4, 0.5) is 4.79 Å². The van der Waals surface area contributed by atoms with Crippen molar-refractivity contribution in [2.45, 2.75) is 91.6 Å². The number of carbonyl (C=O) groups is 4. The Morgan fingerprint density at radius 2 is 1.67 bits per heavy atom. The molecule has 0 unspecified atom stereocenters. The Balaban J connectivity index is 1.34. The van der Waals surface area contributed by atoms with Crippen molar-refractivity contribution in [2.75, 3.05) is 19.7 Å². The third-order valence-corrected chi connectivity index (χ3v) is 8.00. The monoisotopic (exact) mass is 461 g/mol. The van der Waals surface area contributed by atoms with Crippen LogP contribution < -0.4 is 5.32 Å². The van der Waals surface area contributed by atoms with Gasteiger partial charge >= 0.3 is 12.0 Å². The molecule has 33 heavy (non-hydrogen) atoms. The van der Waals surface area contributed by atoms with Crippen molar-refractivity contribution in [3.05, 3.63) is 0 Å². The average Bonchev–Trinajstić information content (AvgIpc) is 3.01. The van der Waals surface area contributed by atoms with Crippen molar-refractivity contribution in [3.63, 3.8) is 0 Å². The fraction of sp³-hybridized carbons (Fsp3) is 0.840. The van der Waals surface area contributed by atoms with Gasteiger partial charge in [0.1, 0.15) is 12.1 Å². The number of urea groups is 1. The molecule has 4 fully saturated rings. The Labute approximate surface area is 196 Å². The first-order valence-electron chi connectivity index (χ1n) is 12.2. The number of ether oxygens (including phenoxy) is 1. The van der Waals surface area contributed by atoms with Crippen LogP contribution in [0, 0.1) is 22.2 Å². The van der Waals surface area contributed by atoms with Crippen LogP contribution in [0.3, 0.4) is 0 Å². The van der Waals surface area contributed by atoms with Gasteiger partial charge in [0.25, 0.3) is 11.8 Å². The highest BCUT2D eigenvalue weighted by atomic mass is 16.5. The second-order valence-corrected chi connectivity index (χ2v) is 13.2. The molecule has 2 saturated heterocycles. The molecule has 2 aliphatic heterocycles. The summed E-state index contributed by atoms with van der Waals surface area (Å²) in [6.45, 7) is 12.8. The number of nitrogens with one attached hydrogen (secondary N) is 1. The number of hydrogen-bond donors (Lipinski definition) is 1. The summed E-state index contributed by atoms with van der Waals surface area (Å²) in [5.74, 6) is -1.01. The Morgan fingerprint density at radius 3 is 2.33 bits per heavy atom. The van der Waals surface area contributed by atoms with E-state index in [1.54, 1.807) is 0 Å². The van der Waals surface area contributed by atoms with Gasteiger partial charge < -0.3 is 15.0 Å². The van der Waals surface area contributed by atoms with Gasteiger partial charge in [0.2, 0.25) is 0 Å². The fourth-order valence-electron chi connectivity index (χ4n) is 7.80. The lowest BCUT2D eigenvalue weighted by Gasteiger charge is -2.43. The molecule has 4 atom stereocenters. The normalized spacial score (nSPS) is 36.8. The molecule has 2 heterocycles. The zero-order chi connectivity index (χ0) is 24.4. The largest absolute Gasteiger partial charge is 0.454 e. The van der Waals surface area contributed by atoms with E-state index in [2.05, 4.69) is 46.9 Å². The van der Waals surface area contributed by atoms with Gasteiger partial charge in [-0.25, -0.2) is 4.79 Å². The molecule has 0 aromatic carbocycles. The van der Waals surface area contributed by atoms with E-state index in [1.165, 1.54) is 0 Å². The van der Waals surface area contributed by atoms with Crippen molar-refractivity contribution in [1.82, 2.24) is 15.1 Å². The number of carbonyl (C=O) groups excluding carboxylic acids is 4. The van der Waals surface area contributed by atoms with Gasteiger partial charge in [-0.2, -0.15) is 0 Å². The molecule has 8 nitrogen and oxygen atoms in total. The maximum absolute atomic E-state index is 13.2. The second kappa shape index (κ2) is 7.70. The Morgan fingerprint density at radius 1 is 1.00 bits per heavy atom. The molecule has 0 radical (unpaired) electrons. The van der Waals surface area contributed by atoms with Gasteiger partial charge in [0.05, 0.1) is 0 Å². The van der Waals surface area contributed by atoms with Gasteiger partial charge in [0, 0.05) is 12.6 Å². The summed E-state index contributed by atoms with van der Waals surface area (Å²) in [6.07, 6.45) is 5.09. The Bertz CT molecular complexity index is 883. The fourth-order valence-corrected chi connectivity index (χ4v) is 7.80. The predicted octanol–water partition coefficient (Wildman–Crippen LogP) is 3.09. The van der Waals surface area contributed by atoms with E-state index in [4.69, 9.17) is 4.74 Å². The van der Waals surface area contributed by atoms with Gasteiger partial charge in [-0.15, -0.1) is 0 Å². The van der Waals surface area contributed by atoms with E-state index in [9.17, 15) is 19.2 Å². The van der Waals surface area contributed by atoms with Gasteiger partial charge in [-0.3, -0.25) is 19.3 Å². The van der Waals surface area contributed by atoms with E-state index < -0.39 is 24.1 Å². The van der Waals surface area contributed by atoms with Crippen LogP contribution in [0.25, 0.3) is 0 Å². The van der Waals surface area contributed by atoms with Crippen LogP contribution in [0.1, 0.15) is 80.1 Å². The third kappa shape index (κ3) is 4.62. The maximum atomic E-state index is 13.2. The lowest BCUT2D eigenvalue weighted by Crippen LogP contribution is -2.54. The molecule has 0 aromatic heterocycles. The summed E-state index contributed by atoms with van der Waals surface area (Å²) in [6, 6.07) is -0.385. The summed E-state index contributed by atoms with van der Waals surface area (Å²) < 4.78 is 5.24. The van der Waals surface area contributed by atoms with E-state index in [0.29, 0.717) is 19.4 Å². The van der Waals surface area contributed by atoms with Crippen molar-refractivity contribution >= 4 is 23.8 Å². The summed E-state index contributed by atoms with van der Waals surface area (Å²) in [5, 5.41) is 2.86. The number of esters is 1. The van der Waals surface area contributed by atoms with Gasteiger partial charge in [-0.1, -0.05) is 41.5 Å². The molecular formula is C25H39N3O5. The van der Waals surface area contributed by atoms with Crippen molar-refractivity contribution in [2.24, 2.45) is 22.2 Å². The third-order valence-electron chi connectivity index (χ3n) is 8.00. The maximum Gasteiger partial charge on any atom is 0.326 e. The van der Waals surface area contributed by atoms with Crippen LogP contribution in [0.2, 0.25) is 0 Å². The number of fused-ring (bicyclic) bond motifs is 2. The summed E-state index contributed by atoms with van der Waals surface area (Å²) in [4.78, 5) is 53.9. The van der Waals surface area contributed by atoms with Crippen LogP contribution in [0.15, 0.2) is 0 Å². The molecule has 184 valence electrons. The van der Waals surface area contributed by atoms with E-state index in [-0.39, 0.29) is 46.6 Å². The quantitative estimate of drug-likeness (QED) is 0.513. The predicted molar refractivity (Wildman–Crippen MR) is 122 cm³/mol. The lowest BCUT2D eigenvalue weighted by molar-refractivity contribution is -0.154. The molecule has 1 N–H and O–H groups in total. The molecule has 0 aromatic rings. The molecule has 2 aliphatic carbocycles. The zero-order valence-corrected chi connectivity index (χ0v) is 21.0. The number of rotatable bonds is 4. The number of imide groups is 1. The number of nitrogens with zero attached hydrogens (tertiary/aromatic N) is 2. The van der Waals surface area contributed by atoms with Crippen LogP contribution in [0.5, 0.6) is 0 Å². The first-order chi connectivity index (χ1) is 15.1. The summed E-state index contributed by atoms with van der Waals surface area (Å²) in [7, 11) is 0. The molecule has 1 spiro atoms. The van der Waals surface area contributed by atoms with E-state index in [0.717, 1.165) is 30.6 Å². The molecule has 4 amide bonds. The van der Waals surface area contributed by atoms with Crippen molar-refractivity contribution in [3.8, 4) is 0 Å². The van der Waals surface area contributed by atoms with Gasteiger partial charge in [0.15, 0.2) is 6.61 Å². The minimum absolute atomic E-state index is 0.0808. The molecule has 2 bridgehead atoms.